The van der Waals surface area contributed by atoms with Gasteiger partial charge in [0, 0.05) is 0 Å². The first-order valence-corrected chi connectivity index (χ1v) is 6.15. The summed E-state index contributed by atoms with van der Waals surface area (Å²) in [5, 5.41) is 9.36. The zero-order valence-corrected chi connectivity index (χ0v) is 10.9. The largest absolute Gasteiger partial charge is 0.496 e. The van der Waals surface area contributed by atoms with Gasteiger partial charge in [-0.25, -0.2) is 0 Å². The zero-order valence-electron chi connectivity index (χ0n) is 10.9. The molecule has 1 aliphatic carbocycles. The molecule has 2 nitrogen and oxygen atoms in total. The van der Waals surface area contributed by atoms with Gasteiger partial charge in [-0.3, -0.25) is 0 Å². The van der Waals surface area contributed by atoms with E-state index in [1.165, 1.54) is 5.56 Å². The Morgan fingerprint density at radius 2 is 2.12 bits per heavy atom. The maximum Gasteiger partial charge on any atom is 0.122 e. The highest BCUT2D eigenvalue weighted by molar-refractivity contribution is 5.48. The Hall–Kier alpha value is -1.49. The third kappa shape index (κ3) is 1.80. The lowest BCUT2D eigenvalue weighted by atomic mass is 9.90. The van der Waals surface area contributed by atoms with Crippen LogP contribution in [0.3, 0.4) is 0 Å². The summed E-state index contributed by atoms with van der Waals surface area (Å²) in [6, 6.07) is 8.66. The molecule has 2 heteroatoms. The van der Waals surface area contributed by atoms with Gasteiger partial charge in [0.25, 0.3) is 0 Å². The number of nitriles is 1. The van der Waals surface area contributed by atoms with E-state index in [-0.39, 0.29) is 5.41 Å². The van der Waals surface area contributed by atoms with Gasteiger partial charge in [0.15, 0.2) is 0 Å². The van der Waals surface area contributed by atoms with Gasteiger partial charge in [-0.05, 0) is 35.4 Å². The van der Waals surface area contributed by atoms with Crippen LogP contribution in [0.25, 0.3) is 0 Å². The highest BCUT2D eigenvalue weighted by atomic mass is 16.5. The molecule has 0 amide bonds. The van der Waals surface area contributed by atoms with Crippen molar-refractivity contribution in [2.24, 2.45) is 5.92 Å². The van der Waals surface area contributed by atoms with E-state index in [9.17, 15) is 5.26 Å². The van der Waals surface area contributed by atoms with Crippen LogP contribution >= 0.6 is 0 Å². The average molecular weight is 229 g/mol. The molecule has 0 heterocycles. The third-order valence-electron chi connectivity index (χ3n) is 3.88. The second-order valence-corrected chi connectivity index (χ2v) is 5.30. The molecule has 1 aromatic carbocycles. The molecule has 2 atom stereocenters. The highest BCUT2D eigenvalue weighted by Gasteiger charge is 2.53. The normalized spacial score (nSPS) is 26.7. The number of hydrogen-bond donors (Lipinski definition) is 0. The molecule has 0 N–H and O–H groups in total. The molecule has 1 aromatic rings. The molecule has 17 heavy (non-hydrogen) atoms. The summed E-state index contributed by atoms with van der Waals surface area (Å²) in [4.78, 5) is 0. The van der Waals surface area contributed by atoms with Crippen molar-refractivity contribution < 1.29 is 4.74 Å². The Morgan fingerprint density at radius 1 is 1.47 bits per heavy atom. The first kappa shape index (κ1) is 12.0. The van der Waals surface area contributed by atoms with Crippen LogP contribution < -0.4 is 4.74 Å². The summed E-state index contributed by atoms with van der Waals surface area (Å²) in [7, 11) is 1.70. The van der Waals surface area contributed by atoms with Gasteiger partial charge in [-0.1, -0.05) is 32.9 Å². The monoisotopic (exact) mass is 229 g/mol. The Balaban J connectivity index is 2.46. The average Bonchev–Trinajstić information content (AvgIpc) is 3.00. The van der Waals surface area contributed by atoms with E-state index in [2.05, 4.69) is 32.9 Å². The number of rotatable bonds is 3. The Morgan fingerprint density at radius 3 is 2.53 bits per heavy atom. The summed E-state index contributed by atoms with van der Waals surface area (Å²) in [6.45, 7) is 6.44. The quantitative estimate of drug-likeness (QED) is 0.793. The molecule has 0 aromatic heterocycles. The van der Waals surface area contributed by atoms with Gasteiger partial charge >= 0.3 is 0 Å². The maximum atomic E-state index is 9.36. The van der Waals surface area contributed by atoms with Crippen LogP contribution in [-0.4, -0.2) is 7.11 Å². The molecule has 2 rings (SSSR count). The van der Waals surface area contributed by atoms with Crippen molar-refractivity contribution in [3.63, 3.8) is 0 Å². The van der Waals surface area contributed by atoms with Crippen molar-refractivity contribution in [1.82, 2.24) is 0 Å². The molecule has 1 aliphatic rings. The van der Waals surface area contributed by atoms with Gasteiger partial charge in [0.1, 0.15) is 5.75 Å². The molecule has 0 saturated heterocycles. The lowest BCUT2D eigenvalue weighted by molar-refractivity contribution is 0.407. The van der Waals surface area contributed by atoms with E-state index in [1.807, 2.05) is 12.1 Å². The van der Waals surface area contributed by atoms with E-state index < -0.39 is 0 Å². The van der Waals surface area contributed by atoms with E-state index in [1.54, 1.807) is 7.11 Å². The molecular formula is C15H19NO. The van der Waals surface area contributed by atoms with Gasteiger partial charge in [0.2, 0.25) is 0 Å². The van der Waals surface area contributed by atoms with Gasteiger partial charge in [0.05, 0.1) is 18.6 Å². The van der Waals surface area contributed by atoms with Crippen molar-refractivity contribution in [2.75, 3.05) is 7.11 Å². The maximum absolute atomic E-state index is 9.36. The van der Waals surface area contributed by atoms with Crippen molar-refractivity contribution in [1.29, 1.82) is 5.26 Å². The van der Waals surface area contributed by atoms with E-state index in [0.29, 0.717) is 11.8 Å². The van der Waals surface area contributed by atoms with E-state index >= 15 is 0 Å². The minimum absolute atomic E-state index is 0.240. The zero-order chi connectivity index (χ0) is 12.6. The second kappa shape index (κ2) is 4.07. The molecule has 90 valence electrons. The smallest absolute Gasteiger partial charge is 0.122 e. The van der Waals surface area contributed by atoms with Crippen molar-refractivity contribution in [2.45, 2.75) is 38.5 Å². The van der Waals surface area contributed by atoms with Gasteiger partial charge in [-0.2, -0.15) is 5.26 Å². The van der Waals surface area contributed by atoms with Crippen LogP contribution in [0.1, 0.15) is 44.2 Å². The number of benzene rings is 1. The molecule has 0 radical (unpaired) electrons. The number of nitrogens with zero attached hydrogens (tertiary/aromatic N) is 1. The fourth-order valence-corrected chi connectivity index (χ4v) is 2.51. The van der Waals surface area contributed by atoms with Crippen LogP contribution in [0.5, 0.6) is 5.75 Å². The number of methoxy groups -OCH3 is 1. The van der Waals surface area contributed by atoms with Gasteiger partial charge < -0.3 is 4.74 Å². The fraction of sp³-hybridized carbons (Fsp3) is 0.533. The fourth-order valence-electron chi connectivity index (χ4n) is 2.51. The topological polar surface area (TPSA) is 33.0 Å². The second-order valence-electron chi connectivity index (χ2n) is 5.30. The summed E-state index contributed by atoms with van der Waals surface area (Å²) < 4.78 is 5.37. The highest BCUT2D eigenvalue weighted by Crippen LogP contribution is 2.54. The van der Waals surface area contributed by atoms with Crippen molar-refractivity contribution in [3.8, 4) is 11.8 Å². The van der Waals surface area contributed by atoms with Crippen molar-refractivity contribution in [3.05, 3.63) is 29.3 Å². The van der Waals surface area contributed by atoms with Crippen LogP contribution in [0, 0.1) is 17.2 Å². The summed E-state index contributed by atoms with van der Waals surface area (Å²) in [5.41, 5.74) is 2.10. The summed E-state index contributed by atoms with van der Waals surface area (Å²) in [6.07, 6.45) is 0.980. The SMILES string of the molecule is COc1ccc(C2(C#N)CC2C)cc1C(C)C. The summed E-state index contributed by atoms with van der Waals surface area (Å²) in [5.74, 6) is 1.81. The van der Waals surface area contributed by atoms with Crippen LogP contribution in [-0.2, 0) is 5.41 Å². The predicted molar refractivity (Wildman–Crippen MR) is 68.2 cm³/mol. The van der Waals surface area contributed by atoms with Crippen molar-refractivity contribution >= 4 is 0 Å². The Kier molecular flexibility index (Phi) is 2.87. The molecule has 0 spiro atoms. The van der Waals surface area contributed by atoms with Crippen LogP contribution in [0.2, 0.25) is 0 Å². The number of ether oxygens (including phenoxy) is 1. The standard InChI is InChI=1S/C15H19NO/c1-10(2)13-7-12(5-6-14(13)17-4)15(9-16)8-11(15)3/h5-7,10-11H,8H2,1-4H3. The third-order valence-corrected chi connectivity index (χ3v) is 3.88. The predicted octanol–water partition coefficient (Wildman–Crippen LogP) is 3.62. The Bertz CT molecular complexity index is 472. The molecular weight excluding hydrogens is 210 g/mol. The lowest BCUT2D eigenvalue weighted by Gasteiger charge is -2.16. The van der Waals surface area contributed by atoms with E-state index in [4.69, 9.17) is 4.74 Å². The molecule has 2 unspecified atom stereocenters. The molecule has 1 fully saturated rings. The van der Waals surface area contributed by atoms with Gasteiger partial charge in [-0.15, -0.1) is 0 Å². The Labute approximate surface area is 103 Å². The van der Waals surface area contributed by atoms with Crippen LogP contribution in [0.15, 0.2) is 18.2 Å². The molecule has 0 aliphatic heterocycles. The minimum atomic E-state index is -0.240. The van der Waals surface area contributed by atoms with E-state index in [0.717, 1.165) is 17.7 Å². The first-order valence-electron chi connectivity index (χ1n) is 6.15. The summed E-state index contributed by atoms with van der Waals surface area (Å²) >= 11 is 0. The lowest BCUT2D eigenvalue weighted by Crippen LogP contribution is -2.07. The minimum Gasteiger partial charge on any atom is -0.496 e. The molecule has 1 saturated carbocycles. The number of hydrogen-bond acceptors (Lipinski definition) is 2. The first-order chi connectivity index (χ1) is 8.05. The van der Waals surface area contributed by atoms with Crippen LogP contribution in [0.4, 0.5) is 0 Å². The molecule has 0 bridgehead atoms.